The summed E-state index contributed by atoms with van der Waals surface area (Å²) in [5.74, 6) is 1.00. The van der Waals surface area contributed by atoms with Crippen molar-refractivity contribution in [3.05, 3.63) is 32.7 Å². The van der Waals surface area contributed by atoms with Gasteiger partial charge in [0.05, 0.1) is 0 Å². The second kappa shape index (κ2) is 7.06. The van der Waals surface area contributed by atoms with E-state index in [1.165, 1.54) is 42.1 Å². The van der Waals surface area contributed by atoms with Crippen molar-refractivity contribution in [2.24, 2.45) is 5.92 Å². The quantitative estimate of drug-likeness (QED) is 0.669. The van der Waals surface area contributed by atoms with Gasteiger partial charge in [-0.3, -0.25) is 0 Å². The van der Waals surface area contributed by atoms with Crippen LogP contribution >= 0.6 is 31.9 Å². The fourth-order valence-corrected chi connectivity index (χ4v) is 3.60. The van der Waals surface area contributed by atoms with Crippen molar-refractivity contribution in [3.63, 3.8) is 0 Å². The van der Waals surface area contributed by atoms with Gasteiger partial charge in [0.25, 0.3) is 0 Å². The van der Waals surface area contributed by atoms with Crippen molar-refractivity contribution >= 4 is 31.9 Å². The summed E-state index contributed by atoms with van der Waals surface area (Å²) in [6, 6.07) is 7.01. The summed E-state index contributed by atoms with van der Waals surface area (Å²) in [5.41, 5.74) is 1.40. The first-order valence-corrected chi connectivity index (χ1v) is 8.47. The van der Waals surface area contributed by atoms with Crippen molar-refractivity contribution in [2.75, 3.05) is 6.54 Å². The zero-order valence-electron chi connectivity index (χ0n) is 10.9. The van der Waals surface area contributed by atoms with Crippen LogP contribution in [0.25, 0.3) is 0 Å². The molecule has 3 heteroatoms. The molecule has 0 aromatic heterocycles. The van der Waals surface area contributed by atoms with Gasteiger partial charge in [0.1, 0.15) is 0 Å². The van der Waals surface area contributed by atoms with Crippen LogP contribution in [0.5, 0.6) is 0 Å². The zero-order valence-corrected chi connectivity index (χ0v) is 14.1. The molecule has 1 nitrogen and oxygen atoms in total. The van der Waals surface area contributed by atoms with Crippen molar-refractivity contribution in [2.45, 2.75) is 45.1 Å². The molecule has 1 aromatic rings. The molecule has 1 N–H and O–H groups in total. The maximum atomic E-state index is 3.69. The van der Waals surface area contributed by atoms with E-state index in [4.69, 9.17) is 0 Å². The molecule has 1 atom stereocenters. The van der Waals surface area contributed by atoms with E-state index in [2.05, 4.69) is 62.3 Å². The first kappa shape index (κ1) is 14.5. The van der Waals surface area contributed by atoms with E-state index < -0.39 is 0 Å². The van der Waals surface area contributed by atoms with Crippen LogP contribution in [-0.4, -0.2) is 6.54 Å². The molecule has 100 valence electrons. The highest BCUT2D eigenvalue weighted by Gasteiger charge is 2.23. The summed E-state index contributed by atoms with van der Waals surface area (Å²) in [5, 5.41) is 3.68. The number of benzene rings is 1. The van der Waals surface area contributed by atoms with Crippen LogP contribution in [0.4, 0.5) is 0 Å². The molecule has 0 radical (unpaired) electrons. The van der Waals surface area contributed by atoms with Gasteiger partial charge < -0.3 is 5.32 Å². The van der Waals surface area contributed by atoms with Crippen molar-refractivity contribution in [3.8, 4) is 0 Å². The highest BCUT2D eigenvalue weighted by Crippen LogP contribution is 2.37. The number of halogens is 2. The monoisotopic (exact) mass is 373 g/mol. The van der Waals surface area contributed by atoms with E-state index in [1.54, 1.807) is 0 Å². The number of nitrogens with one attached hydrogen (secondary N) is 1. The Labute approximate surface area is 127 Å². The first-order chi connectivity index (χ1) is 8.70. The fourth-order valence-electron chi connectivity index (χ4n) is 2.28. The van der Waals surface area contributed by atoms with Crippen LogP contribution in [0.1, 0.15) is 50.6 Å². The smallest absolute Gasteiger partial charge is 0.0331 e. The SMILES string of the molecule is CCCNC(CCC1CC1)c1ccc(Br)cc1Br. The van der Waals surface area contributed by atoms with E-state index >= 15 is 0 Å². The minimum Gasteiger partial charge on any atom is -0.310 e. The minimum atomic E-state index is 0.494. The van der Waals surface area contributed by atoms with Gasteiger partial charge in [-0.15, -0.1) is 0 Å². The molecule has 1 saturated carbocycles. The molecule has 1 aliphatic rings. The third-order valence-electron chi connectivity index (χ3n) is 3.54. The standard InChI is InChI=1S/C15H21Br2N/c1-2-9-18-15(8-5-11-3-4-11)13-7-6-12(16)10-14(13)17/h6-7,10-11,15,18H,2-5,8-9H2,1H3. The highest BCUT2D eigenvalue weighted by atomic mass is 79.9. The van der Waals surface area contributed by atoms with Gasteiger partial charge in [0.15, 0.2) is 0 Å². The van der Waals surface area contributed by atoms with Gasteiger partial charge in [0, 0.05) is 15.0 Å². The lowest BCUT2D eigenvalue weighted by atomic mass is 10.0. The zero-order chi connectivity index (χ0) is 13.0. The Morgan fingerprint density at radius 2 is 2.11 bits per heavy atom. The van der Waals surface area contributed by atoms with Crippen LogP contribution in [0.2, 0.25) is 0 Å². The molecule has 0 bridgehead atoms. The van der Waals surface area contributed by atoms with Gasteiger partial charge >= 0.3 is 0 Å². The third-order valence-corrected chi connectivity index (χ3v) is 4.72. The van der Waals surface area contributed by atoms with Crippen LogP contribution in [0, 0.1) is 5.92 Å². The van der Waals surface area contributed by atoms with Crippen molar-refractivity contribution in [1.29, 1.82) is 0 Å². The lowest BCUT2D eigenvalue weighted by Gasteiger charge is -2.20. The molecule has 0 saturated heterocycles. The Bertz CT molecular complexity index is 388. The Kier molecular flexibility index (Phi) is 5.71. The van der Waals surface area contributed by atoms with Gasteiger partial charge in [-0.1, -0.05) is 57.7 Å². The van der Waals surface area contributed by atoms with Crippen molar-refractivity contribution < 1.29 is 0 Å². The summed E-state index contributed by atoms with van der Waals surface area (Å²) >= 11 is 7.21. The molecule has 18 heavy (non-hydrogen) atoms. The Morgan fingerprint density at radius 1 is 1.33 bits per heavy atom. The second-order valence-corrected chi connectivity index (χ2v) is 6.96. The molecule has 0 heterocycles. The van der Waals surface area contributed by atoms with Gasteiger partial charge in [-0.2, -0.15) is 0 Å². The molecule has 1 unspecified atom stereocenters. The lowest BCUT2D eigenvalue weighted by Crippen LogP contribution is -2.22. The molecular weight excluding hydrogens is 354 g/mol. The predicted molar refractivity (Wildman–Crippen MR) is 84.8 cm³/mol. The molecule has 0 aliphatic heterocycles. The summed E-state index contributed by atoms with van der Waals surface area (Å²) in [7, 11) is 0. The van der Waals surface area contributed by atoms with Crippen LogP contribution < -0.4 is 5.32 Å². The fraction of sp³-hybridized carbons (Fsp3) is 0.600. The van der Waals surface area contributed by atoms with E-state index in [9.17, 15) is 0 Å². The van der Waals surface area contributed by atoms with E-state index in [1.807, 2.05) is 0 Å². The second-order valence-electron chi connectivity index (χ2n) is 5.19. The molecule has 0 spiro atoms. The molecule has 1 aliphatic carbocycles. The molecular formula is C15H21Br2N. The topological polar surface area (TPSA) is 12.0 Å². The summed E-state index contributed by atoms with van der Waals surface area (Å²) in [6.07, 6.45) is 6.70. The molecule has 1 fully saturated rings. The number of rotatable bonds is 7. The summed E-state index contributed by atoms with van der Waals surface area (Å²) in [4.78, 5) is 0. The van der Waals surface area contributed by atoms with Gasteiger partial charge in [0.2, 0.25) is 0 Å². The highest BCUT2D eigenvalue weighted by molar-refractivity contribution is 9.11. The Balaban J connectivity index is 2.04. The van der Waals surface area contributed by atoms with E-state index in [0.29, 0.717) is 6.04 Å². The van der Waals surface area contributed by atoms with Crippen molar-refractivity contribution in [1.82, 2.24) is 5.32 Å². The van der Waals surface area contributed by atoms with Crippen LogP contribution in [0.15, 0.2) is 27.1 Å². The normalized spacial score (nSPS) is 16.8. The van der Waals surface area contributed by atoms with Crippen LogP contribution in [0.3, 0.4) is 0 Å². The summed E-state index contributed by atoms with van der Waals surface area (Å²) in [6.45, 7) is 3.32. The van der Waals surface area contributed by atoms with E-state index in [0.717, 1.165) is 16.9 Å². The average molecular weight is 375 g/mol. The Morgan fingerprint density at radius 3 is 2.72 bits per heavy atom. The lowest BCUT2D eigenvalue weighted by molar-refractivity contribution is 0.468. The molecule has 0 amide bonds. The maximum Gasteiger partial charge on any atom is 0.0331 e. The largest absolute Gasteiger partial charge is 0.310 e. The average Bonchev–Trinajstić information content (AvgIpc) is 3.14. The Hall–Kier alpha value is 0.140. The van der Waals surface area contributed by atoms with Gasteiger partial charge in [-0.05, 0) is 49.4 Å². The molecule has 2 rings (SSSR count). The summed E-state index contributed by atoms with van der Waals surface area (Å²) < 4.78 is 2.34. The minimum absolute atomic E-state index is 0.494. The predicted octanol–water partition coefficient (Wildman–Crippen LogP) is 5.44. The first-order valence-electron chi connectivity index (χ1n) is 6.89. The molecule has 1 aromatic carbocycles. The van der Waals surface area contributed by atoms with Crippen LogP contribution in [-0.2, 0) is 0 Å². The third kappa shape index (κ3) is 4.36. The number of hydrogen-bond acceptors (Lipinski definition) is 1. The maximum absolute atomic E-state index is 3.69. The van der Waals surface area contributed by atoms with Gasteiger partial charge in [-0.25, -0.2) is 0 Å². The van der Waals surface area contributed by atoms with E-state index in [-0.39, 0.29) is 0 Å². The number of hydrogen-bond donors (Lipinski definition) is 1.